The molecule has 0 aliphatic rings. The van der Waals surface area contributed by atoms with E-state index in [4.69, 9.17) is 23.2 Å². The monoisotopic (exact) mass is 289 g/mol. The van der Waals surface area contributed by atoms with Crippen LogP contribution in [0.4, 0.5) is 0 Å². The lowest BCUT2D eigenvalue weighted by Gasteiger charge is -1.98. The number of benzene rings is 1. The molecule has 2 rings (SSSR count). The van der Waals surface area contributed by atoms with Gasteiger partial charge in [-0.05, 0) is 24.3 Å². The number of halogens is 2. The van der Waals surface area contributed by atoms with E-state index in [1.165, 1.54) is 4.90 Å². The van der Waals surface area contributed by atoms with Crippen molar-refractivity contribution in [1.82, 2.24) is 4.98 Å². The molecule has 0 atom stereocenters. The number of hydrogen-bond donors (Lipinski definition) is 0. The van der Waals surface area contributed by atoms with Gasteiger partial charge < -0.3 is 0 Å². The Morgan fingerprint density at radius 1 is 1.25 bits per heavy atom. The van der Waals surface area contributed by atoms with Crippen LogP contribution in [0.15, 0.2) is 35.4 Å². The minimum Gasteiger partial charge on any atom is -0.248 e. The standard InChI is InChI=1S/C11H9Cl2NS2/c12-5-10-6-14-11(16-10)7-15-9-3-1-8(13)2-4-9/h1-4,6H,5,7H2. The molecule has 16 heavy (non-hydrogen) atoms. The lowest BCUT2D eigenvalue weighted by molar-refractivity contribution is 1.25. The summed E-state index contributed by atoms with van der Waals surface area (Å²) in [6.07, 6.45) is 1.84. The number of aromatic nitrogens is 1. The first-order valence-electron chi connectivity index (χ1n) is 4.66. The fourth-order valence-corrected chi connectivity index (χ4v) is 3.18. The van der Waals surface area contributed by atoms with Gasteiger partial charge in [0.15, 0.2) is 0 Å². The number of nitrogens with zero attached hydrogens (tertiary/aromatic N) is 1. The normalized spacial score (nSPS) is 10.6. The molecule has 0 saturated heterocycles. The van der Waals surface area contributed by atoms with Crippen LogP contribution in [0.3, 0.4) is 0 Å². The molecule has 5 heteroatoms. The Balaban J connectivity index is 1.94. The van der Waals surface area contributed by atoms with Gasteiger partial charge in [0.05, 0.1) is 11.6 Å². The van der Waals surface area contributed by atoms with E-state index in [1.54, 1.807) is 23.1 Å². The summed E-state index contributed by atoms with van der Waals surface area (Å²) in [6, 6.07) is 7.83. The van der Waals surface area contributed by atoms with Crippen molar-refractivity contribution in [3.8, 4) is 0 Å². The predicted molar refractivity (Wildman–Crippen MR) is 72.7 cm³/mol. The second kappa shape index (κ2) is 5.92. The summed E-state index contributed by atoms with van der Waals surface area (Å²) in [6.45, 7) is 0. The summed E-state index contributed by atoms with van der Waals surface area (Å²) in [5, 5.41) is 1.87. The molecular formula is C11H9Cl2NS2. The van der Waals surface area contributed by atoms with E-state index >= 15 is 0 Å². The van der Waals surface area contributed by atoms with Crippen molar-refractivity contribution in [2.45, 2.75) is 16.5 Å². The van der Waals surface area contributed by atoms with Crippen molar-refractivity contribution in [2.24, 2.45) is 0 Å². The van der Waals surface area contributed by atoms with Crippen molar-refractivity contribution in [1.29, 1.82) is 0 Å². The minimum absolute atomic E-state index is 0.545. The summed E-state index contributed by atoms with van der Waals surface area (Å²) < 4.78 is 0. The lowest BCUT2D eigenvalue weighted by atomic mass is 10.4. The second-order valence-electron chi connectivity index (χ2n) is 3.10. The van der Waals surface area contributed by atoms with E-state index in [1.807, 2.05) is 30.5 Å². The van der Waals surface area contributed by atoms with Crippen LogP contribution in [0, 0.1) is 0 Å². The molecule has 0 N–H and O–H groups in total. The molecule has 1 nitrogen and oxygen atoms in total. The SMILES string of the molecule is ClCc1cnc(CSc2ccc(Cl)cc2)s1. The maximum absolute atomic E-state index is 5.82. The third kappa shape index (κ3) is 3.39. The van der Waals surface area contributed by atoms with Gasteiger partial charge in [-0.25, -0.2) is 4.98 Å². The van der Waals surface area contributed by atoms with Gasteiger partial charge in [0, 0.05) is 21.0 Å². The highest BCUT2D eigenvalue weighted by Gasteiger charge is 2.02. The molecule has 0 radical (unpaired) electrons. The smallest absolute Gasteiger partial charge is 0.103 e. The van der Waals surface area contributed by atoms with Gasteiger partial charge in [-0.2, -0.15) is 0 Å². The molecule has 0 aliphatic heterocycles. The average molecular weight is 290 g/mol. The summed E-state index contributed by atoms with van der Waals surface area (Å²) in [7, 11) is 0. The fourth-order valence-electron chi connectivity index (χ4n) is 1.15. The summed E-state index contributed by atoms with van der Waals surface area (Å²) in [5.41, 5.74) is 0. The Labute approximate surface area is 113 Å². The zero-order valence-electron chi connectivity index (χ0n) is 8.32. The number of alkyl halides is 1. The molecule has 0 unspecified atom stereocenters. The Morgan fingerprint density at radius 2 is 2.00 bits per heavy atom. The highest BCUT2D eigenvalue weighted by atomic mass is 35.5. The molecule has 1 aromatic carbocycles. The zero-order chi connectivity index (χ0) is 11.4. The zero-order valence-corrected chi connectivity index (χ0v) is 11.5. The fraction of sp³-hybridized carbons (Fsp3) is 0.182. The van der Waals surface area contributed by atoms with Crippen molar-refractivity contribution < 1.29 is 0 Å². The number of thioether (sulfide) groups is 1. The van der Waals surface area contributed by atoms with Crippen LogP contribution in [0.2, 0.25) is 5.02 Å². The molecule has 0 amide bonds. The van der Waals surface area contributed by atoms with Crippen molar-refractivity contribution in [2.75, 3.05) is 0 Å². The first kappa shape index (κ1) is 12.2. The topological polar surface area (TPSA) is 12.9 Å². The van der Waals surface area contributed by atoms with Crippen LogP contribution < -0.4 is 0 Å². The summed E-state index contributed by atoms with van der Waals surface area (Å²) >= 11 is 15.0. The van der Waals surface area contributed by atoms with Crippen molar-refractivity contribution in [3.63, 3.8) is 0 Å². The van der Waals surface area contributed by atoms with Gasteiger partial charge in [0.2, 0.25) is 0 Å². The summed E-state index contributed by atoms with van der Waals surface area (Å²) in [5.74, 6) is 1.42. The van der Waals surface area contributed by atoms with Gasteiger partial charge in [0.1, 0.15) is 5.01 Å². The maximum Gasteiger partial charge on any atom is 0.103 e. The first-order valence-corrected chi connectivity index (χ1v) is 7.37. The van der Waals surface area contributed by atoms with Crippen LogP contribution in [-0.2, 0) is 11.6 Å². The lowest BCUT2D eigenvalue weighted by Crippen LogP contribution is -1.77. The van der Waals surface area contributed by atoms with Crippen molar-refractivity contribution in [3.05, 3.63) is 45.4 Å². The Bertz CT molecular complexity index is 453. The van der Waals surface area contributed by atoms with Crippen LogP contribution in [0.5, 0.6) is 0 Å². The third-order valence-corrected chi connectivity index (χ3v) is 4.81. The molecule has 0 bridgehead atoms. The molecule has 0 aliphatic carbocycles. The Morgan fingerprint density at radius 3 is 2.62 bits per heavy atom. The van der Waals surface area contributed by atoms with Gasteiger partial charge in [-0.1, -0.05) is 11.6 Å². The molecule has 1 aromatic heterocycles. The molecule has 84 valence electrons. The molecular weight excluding hydrogens is 281 g/mol. The quantitative estimate of drug-likeness (QED) is 0.591. The highest BCUT2D eigenvalue weighted by Crippen LogP contribution is 2.26. The number of thiazole rings is 1. The molecule has 1 heterocycles. The number of rotatable bonds is 4. The maximum atomic E-state index is 5.82. The van der Waals surface area contributed by atoms with Crippen LogP contribution in [0.25, 0.3) is 0 Å². The van der Waals surface area contributed by atoms with Crippen LogP contribution in [-0.4, -0.2) is 4.98 Å². The van der Waals surface area contributed by atoms with Crippen LogP contribution >= 0.6 is 46.3 Å². The molecule has 2 aromatic rings. The van der Waals surface area contributed by atoms with E-state index in [9.17, 15) is 0 Å². The first-order chi connectivity index (χ1) is 7.78. The minimum atomic E-state index is 0.545. The third-order valence-electron chi connectivity index (χ3n) is 1.91. The molecule has 0 spiro atoms. The van der Waals surface area contributed by atoms with E-state index < -0.39 is 0 Å². The van der Waals surface area contributed by atoms with Gasteiger partial charge in [-0.15, -0.1) is 34.7 Å². The second-order valence-corrected chi connectivity index (χ2v) is 6.05. The predicted octanol–water partition coefficient (Wildman–Crippen LogP) is 4.83. The van der Waals surface area contributed by atoms with Gasteiger partial charge in [-0.3, -0.25) is 0 Å². The van der Waals surface area contributed by atoms with E-state index in [2.05, 4.69) is 4.98 Å². The highest BCUT2D eigenvalue weighted by molar-refractivity contribution is 7.98. The van der Waals surface area contributed by atoms with Crippen LogP contribution in [0.1, 0.15) is 9.88 Å². The molecule has 0 saturated carbocycles. The van der Waals surface area contributed by atoms with E-state index in [0.717, 1.165) is 20.7 Å². The van der Waals surface area contributed by atoms with Gasteiger partial charge in [0.25, 0.3) is 0 Å². The van der Waals surface area contributed by atoms with E-state index in [-0.39, 0.29) is 0 Å². The number of hydrogen-bond acceptors (Lipinski definition) is 3. The van der Waals surface area contributed by atoms with E-state index in [0.29, 0.717) is 5.88 Å². The van der Waals surface area contributed by atoms with Gasteiger partial charge >= 0.3 is 0 Å². The largest absolute Gasteiger partial charge is 0.248 e. The summed E-state index contributed by atoms with van der Waals surface area (Å²) in [4.78, 5) is 6.63. The molecule has 0 fully saturated rings. The van der Waals surface area contributed by atoms with Crippen molar-refractivity contribution >= 4 is 46.3 Å². The Hall–Kier alpha value is -0.220. The Kier molecular flexibility index (Phi) is 4.53. The average Bonchev–Trinajstić information content (AvgIpc) is 2.76.